The predicted molar refractivity (Wildman–Crippen MR) is 126 cm³/mol. The maximum atomic E-state index is 12.5. The molecule has 0 bridgehead atoms. The van der Waals surface area contributed by atoms with Crippen molar-refractivity contribution in [1.29, 1.82) is 0 Å². The van der Waals surface area contributed by atoms with E-state index in [2.05, 4.69) is 15.5 Å². The lowest BCUT2D eigenvalue weighted by Crippen LogP contribution is -2.16. The standard InChI is InChI=1S/C20H20Cl2N4O3S2/c1-5-29-19(28)16-10(2)11(3)31-18(16)23-15(27)9-30-20-25-24-17(26(20)4)12-6-7-13(21)14(22)8-12/h6-8H,5,9H2,1-4H3,(H,23,27). The van der Waals surface area contributed by atoms with Gasteiger partial charge in [0.1, 0.15) is 5.00 Å². The molecular weight excluding hydrogens is 479 g/mol. The van der Waals surface area contributed by atoms with Gasteiger partial charge >= 0.3 is 5.97 Å². The molecule has 2 aromatic heterocycles. The molecule has 0 spiro atoms. The maximum Gasteiger partial charge on any atom is 0.341 e. The first-order chi connectivity index (χ1) is 14.7. The number of hydrogen-bond donors (Lipinski definition) is 1. The smallest absolute Gasteiger partial charge is 0.341 e. The first kappa shape index (κ1) is 23.6. The molecule has 11 heteroatoms. The number of carbonyl (C=O) groups is 2. The molecule has 0 unspecified atom stereocenters. The van der Waals surface area contributed by atoms with E-state index >= 15 is 0 Å². The van der Waals surface area contributed by atoms with E-state index in [-0.39, 0.29) is 18.3 Å². The molecule has 0 radical (unpaired) electrons. The van der Waals surface area contributed by atoms with Crippen LogP contribution in [0.4, 0.5) is 5.00 Å². The number of amides is 1. The summed E-state index contributed by atoms with van der Waals surface area (Å²) in [7, 11) is 1.81. The highest BCUT2D eigenvalue weighted by molar-refractivity contribution is 7.99. The fraction of sp³-hybridized carbons (Fsp3) is 0.300. The zero-order valence-corrected chi connectivity index (χ0v) is 20.4. The summed E-state index contributed by atoms with van der Waals surface area (Å²) < 4.78 is 6.90. The van der Waals surface area contributed by atoms with E-state index in [1.165, 1.54) is 23.1 Å². The molecule has 0 fully saturated rings. The number of nitrogens with zero attached hydrogens (tertiary/aromatic N) is 3. The molecule has 3 rings (SSSR count). The average molecular weight is 499 g/mol. The van der Waals surface area contributed by atoms with Gasteiger partial charge < -0.3 is 14.6 Å². The fourth-order valence-corrected chi connectivity index (χ4v) is 4.86. The van der Waals surface area contributed by atoms with Crippen LogP contribution in [-0.4, -0.2) is 39.0 Å². The minimum absolute atomic E-state index is 0.103. The van der Waals surface area contributed by atoms with Gasteiger partial charge in [-0.2, -0.15) is 0 Å². The molecule has 0 aliphatic carbocycles. The molecule has 7 nitrogen and oxygen atoms in total. The monoisotopic (exact) mass is 498 g/mol. The maximum absolute atomic E-state index is 12.5. The van der Waals surface area contributed by atoms with Crippen molar-refractivity contribution in [3.8, 4) is 11.4 Å². The Kier molecular flexibility index (Phi) is 7.64. The van der Waals surface area contributed by atoms with Gasteiger partial charge in [-0.1, -0.05) is 35.0 Å². The van der Waals surface area contributed by atoms with Gasteiger partial charge in [-0.3, -0.25) is 4.79 Å². The predicted octanol–water partition coefficient (Wildman–Crippen LogP) is 5.37. The van der Waals surface area contributed by atoms with Crippen molar-refractivity contribution >= 4 is 63.2 Å². The Hall–Kier alpha value is -2.07. The summed E-state index contributed by atoms with van der Waals surface area (Å²) in [5, 5.41) is 13.1. The summed E-state index contributed by atoms with van der Waals surface area (Å²) in [5.41, 5.74) is 1.98. The highest BCUT2D eigenvalue weighted by Crippen LogP contribution is 2.33. The Labute approximate surface area is 198 Å². The van der Waals surface area contributed by atoms with Crippen molar-refractivity contribution < 1.29 is 14.3 Å². The minimum atomic E-state index is -0.438. The number of esters is 1. The van der Waals surface area contributed by atoms with Crippen LogP contribution in [0, 0.1) is 13.8 Å². The van der Waals surface area contributed by atoms with Crippen LogP contribution in [0.2, 0.25) is 10.0 Å². The summed E-state index contributed by atoms with van der Waals surface area (Å²) in [4.78, 5) is 25.8. The number of nitrogens with one attached hydrogen (secondary N) is 1. The molecule has 0 atom stereocenters. The molecule has 3 aromatic rings. The van der Waals surface area contributed by atoms with E-state index in [1.54, 1.807) is 29.7 Å². The summed E-state index contributed by atoms with van der Waals surface area (Å²) in [5.74, 6) is 0.0179. The quantitative estimate of drug-likeness (QED) is 0.347. The Balaban J connectivity index is 1.70. The lowest BCUT2D eigenvalue weighted by atomic mass is 10.1. The summed E-state index contributed by atoms with van der Waals surface area (Å²) in [6.07, 6.45) is 0. The van der Waals surface area contributed by atoms with Crippen molar-refractivity contribution in [3.63, 3.8) is 0 Å². The molecule has 0 saturated carbocycles. The number of thioether (sulfide) groups is 1. The van der Waals surface area contributed by atoms with Gasteiger partial charge in [0.05, 0.1) is 28.0 Å². The zero-order chi connectivity index (χ0) is 22.7. The summed E-state index contributed by atoms with van der Waals surface area (Å²) in [6.45, 7) is 5.75. The van der Waals surface area contributed by atoms with Gasteiger partial charge in [0.15, 0.2) is 11.0 Å². The molecule has 0 saturated heterocycles. The second-order valence-corrected chi connectivity index (χ2v) is 9.52. The van der Waals surface area contributed by atoms with Gasteiger partial charge in [-0.05, 0) is 44.5 Å². The van der Waals surface area contributed by atoms with E-state index in [1.807, 2.05) is 20.9 Å². The number of thiophene rings is 1. The second-order valence-electron chi connectivity index (χ2n) is 6.54. The number of anilines is 1. The fourth-order valence-electron chi connectivity index (χ4n) is 2.78. The molecule has 1 amide bonds. The molecule has 164 valence electrons. The van der Waals surface area contributed by atoms with Gasteiger partial charge in [0, 0.05) is 17.5 Å². The second kappa shape index (κ2) is 10.0. The molecule has 0 aliphatic rings. The van der Waals surface area contributed by atoms with Crippen molar-refractivity contribution in [2.45, 2.75) is 25.9 Å². The van der Waals surface area contributed by atoms with Crippen LogP contribution in [0.15, 0.2) is 23.4 Å². The third-order valence-corrected chi connectivity index (χ3v) is 7.34. The van der Waals surface area contributed by atoms with Crippen LogP contribution in [-0.2, 0) is 16.6 Å². The number of halogens is 2. The first-order valence-electron chi connectivity index (χ1n) is 9.27. The highest BCUT2D eigenvalue weighted by Gasteiger charge is 2.22. The number of hydrogen-bond acceptors (Lipinski definition) is 7. The number of carbonyl (C=O) groups excluding carboxylic acids is 2. The van der Waals surface area contributed by atoms with Crippen molar-refractivity contribution in [3.05, 3.63) is 44.2 Å². The summed E-state index contributed by atoms with van der Waals surface area (Å²) >= 11 is 14.7. The lowest BCUT2D eigenvalue weighted by molar-refractivity contribution is -0.113. The molecule has 1 N–H and O–H groups in total. The van der Waals surface area contributed by atoms with Crippen molar-refractivity contribution in [2.24, 2.45) is 7.05 Å². The Bertz CT molecular complexity index is 1140. The van der Waals surface area contributed by atoms with Crippen molar-refractivity contribution in [1.82, 2.24) is 14.8 Å². The number of aromatic nitrogens is 3. The third-order valence-electron chi connectivity index (χ3n) is 4.46. The Morgan fingerprint density at radius 3 is 2.65 bits per heavy atom. The highest BCUT2D eigenvalue weighted by atomic mass is 35.5. The topological polar surface area (TPSA) is 86.1 Å². The van der Waals surface area contributed by atoms with Gasteiger partial charge in [-0.25, -0.2) is 4.79 Å². The Morgan fingerprint density at radius 2 is 1.97 bits per heavy atom. The zero-order valence-electron chi connectivity index (χ0n) is 17.3. The van der Waals surface area contributed by atoms with E-state index in [4.69, 9.17) is 27.9 Å². The van der Waals surface area contributed by atoms with Crippen molar-refractivity contribution in [2.75, 3.05) is 17.7 Å². The van der Waals surface area contributed by atoms with Crippen LogP contribution in [0.25, 0.3) is 11.4 Å². The molecule has 1 aromatic carbocycles. The number of benzene rings is 1. The Morgan fingerprint density at radius 1 is 1.23 bits per heavy atom. The number of ether oxygens (including phenoxy) is 1. The molecule has 31 heavy (non-hydrogen) atoms. The van der Waals surface area contributed by atoms with Crippen LogP contribution in [0.1, 0.15) is 27.7 Å². The number of aryl methyl sites for hydroxylation is 1. The van der Waals surface area contributed by atoms with Gasteiger partial charge in [0.25, 0.3) is 0 Å². The van der Waals surface area contributed by atoms with E-state index in [9.17, 15) is 9.59 Å². The minimum Gasteiger partial charge on any atom is -0.462 e. The third kappa shape index (κ3) is 5.23. The van der Waals surface area contributed by atoms with E-state index in [0.717, 1.165) is 16.0 Å². The van der Waals surface area contributed by atoms with Gasteiger partial charge in [0.2, 0.25) is 5.91 Å². The van der Waals surface area contributed by atoms with Gasteiger partial charge in [-0.15, -0.1) is 21.5 Å². The van der Waals surface area contributed by atoms with Crippen LogP contribution >= 0.6 is 46.3 Å². The SMILES string of the molecule is CCOC(=O)c1c(NC(=O)CSc2nnc(-c3ccc(Cl)c(Cl)c3)n2C)sc(C)c1C. The lowest BCUT2D eigenvalue weighted by Gasteiger charge is -2.07. The van der Waals surface area contributed by atoms with E-state index < -0.39 is 5.97 Å². The molecular formula is C20H20Cl2N4O3S2. The number of rotatable bonds is 7. The van der Waals surface area contributed by atoms with Crippen LogP contribution in [0.3, 0.4) is 0 Å². The van der Waals surface area contributed by atoms with E-state index in [0.29, 0.717) is 31.6 Å². The normalized spacial score (nSPS) is 10.9. The molecule has 0 aliphatic heterocycles. The largest absolute Gasteiger partial charge is 0.462 e. The average Bonchev–Trinajstić information content (AvgIpc) is 3.21. The molecule has 2 heterocycles. The van der Waals surface area contributed by atoms with Crippen LogP contribution < -0.4 is 5.32 Å². The first-order valence-corrected chi connectivity index (χ1v) is 11.8. The van der Waals surface area contributed by atoms with Crippen LogP contribution in [0.5, 0.6) is 0 Å². The summed E-state index contributed by atoms with van der Waals surface area (Å²) in [6, 6.07) is 5.21.